The number of halogens is 1. The van der Waals surface area contributed by atoms with Crippen molar-refractivity contribution in [2.75, 3.05) is 12.4 Å². The van der Waals surface area contributed by atoms with Crippen molar-refractivity contribution in [2.45, 2.75) is 40.8 Å². The van der Waals surface area contributed by atoms with Gasteiger partial charge in [-0.25, -0.2) is 4.79 Å². The molecule has 0 bridgehead atoms. The SMILES string of the molecule is COC(=O)c1ccccc1Cn1nc(C)c(NC(=O)c2ccc(Cn3nc(C)c(Br)c3C)cc2)c1C. The second-order valence-corrected chi connectivity index (χ2v) is 9.44. The van der Waals surface area contributed by atoms with Gasteiger partial charge in [0.05, 0.1) is 58.7 Å². The lowest BCUT2D eigenvalue weighted by Gasteiger charge is -2.10. The van der Waals surface area contributed by atoms with Crippen LogP contribution in [-0.4, -0.2) is 38.5 Å². The summed E-state index contributed by atoms with van der Waals surface area (Å²) in [7, 11) is 1.36. The number of esters is 1. The molecule has 0 aliphatic heterocycles. The van der Waals surface area contributed by atoms with Crippen LogP contribution in [0.5, 0.6) is 0 Å². The molecule has 0 saturated heterocycles. The van der Waals surface area contributed by atoms with E-state index in [1.54, 1.807) is 16.8 Å². The van der Waals surface area contributed by atoms with Gasteiger partial charge >= 0.3 is 5.97 Å². The van der Waals surface area contributed by atoms with Crippen molar-refractivity contribution in [1.29, 1.82) is 0 Å². The zero-order valence-corrected chi connectivity index (χ0v) is 22.5. The number of amides is 1. The summed E-state index contributed by atoms with van der Waals surface area (Å²) in [5, 5.41) is 12.1. The van der Waals surface area contributed by atoms with Crippen LogP contribution in [0.15, 0.2) is 53.0 Å². The van der Waals surface area contributed by atoms with Crippen LogP contribution in [0.4, 0.5) is 5.69 Å². The molecule has 9 heteroatoms. The van der Waals surface area contributed by atoms with Crippen molar-refractivity contribution in [1.82, 2.24) is 19.6 Å². The molecule has 0 atom stereocenters. The standard InChI is InChI=1S/C27H28BrN5O3/c1-16-24(28)18(3)32(30-16)14-20-10-12-21(13-11-20)26(34)29-25-17(2)31-33(19(25)4)15-22-8-6-7-9-23(22)27(35)36-5/h6-13H,14-15H2,1-5H3,(H,29,34). The Labute approximate surface area is 218 Å². The number of anilines is 1. The van der Waals surface area contributed by atoms with Gasteiger partial charge in [0.25, 0.3) is 5.91 Å². The molecule has 0 spiro atoms. The second kappa shape index (κ2) is 10.5. The van der Waals surface area contributed by atoms with E-state index in [4.69, 9.17) is 4.74 Å². The number of benzene rings is 2. The summed E-state index contributed by atoms with van der Waals surface area (Å²) < 4.78 is 9.63. The number of nitrogens with zero attached hydrogens (tertiary/aromatic N) is 4. The van der Waals surface area contributed by atoms with E-state index in [1.807, 2.05) is 68.8 Å². The Kier molecular flexibility index (Phi) is 7.40. The highest BCUT2D eigenvalue weighted by Gasteiger charge is 2.18. The molecule has 8 nitrogen and oxygen atoms in total. The van der Waals surface area contributed by atoms with Crippen LogP contribution < -0.4 is 5.32 Å². The van der Waals surface area contributed by atoms with Gasteiger partial charge < -0.3 is 10.1 Å². The smallest absolute Gasteiger partial charge is 0.338 e. The Bertz CT molecular complexity index is 1440. The molecule has 0 radical (unpaired) electrons. The lowest BCUT2D eigenvalue weighted by atomic mass is 10.1. The minimum absolute atomic E-state index is 0.212. The van der Waals surface area contributed by atoms with Gasteiger partial charge in [-0.05, 0) is 73.0 Å². The molecule has 186 valence electrons. The van der Waals surface area contributed by atoms with E-state index in [1.165, 1.54) is 7.11 Å². The van der Waals surface area contributed by atoms with E-state index in [0.717, 1.165) is 32.7 Å². The highest BCUT2D eigenvalue weighted by molar-refractivity contribution is 9.10. The zero-order valence-electron chi connectivity index (χ0n) is 20.9. The molecule has 1 amide bonds. The van der Waals surface area contributed by atoms with E-state index >= 15 is 0 Å². The maximum Gasteiger partial charge on any atom is 0.338 e. The monoisotopic (exact) mass is 549 g/mol. The maximum absolute atomic E-state index is 13.0. The molecule has 36 heavy (non-hydrogen) atoms. The number of aryl methyl sites for hydroxylation is 2. The third kappa shape index (κ3) is 5.11. The number of carbonyl (C=O) groups excluding carboxylic acids is 2. The third-order valence-electron chi connectivity index (χ3n) is 6.20. The molecule has 1 N–H and O–H groups in total. The van der Waals surface area contributed by atoms with E-state index in [2.05, 4.69) is 31.4 Å². The number of hydrogen-bond acceptors (Lipinski definition) is 5. The van der Waals surface area contributed by atoms with Crippen LogP contribution >= 0.6 is 15.9 Å². The molecular weight excluding hydrogens is 522 g/mol. The number of ether oxygens (including phenoxy) is 1. The molecule has 0 saturated carbocycles. The van der Waals surface area contributed by atoms with Crippen LogP contribution in [0.2, 0.25) is 0 Å². The Morgan fingerprint density at radius 3 is 2.17 bits per heavy atom. The van der Waals surface area contributed by atoms with Gasteiger partial charge in [-0.2, -0.15) is 10.2 Å². The van der Waals surface area contributed by atoms with Crippen molar-refractivity contribution in [2.24, 2.45) is 0 Å². The van der Waals surface area contributed by atoms with Gasteiger partial charge in [-0.15, -0.1) is 0 Å². The second-order valence-electron chi connectivity index (χ2n) is 8.65. The minimum Gasteiger partial charge on any atom is -0.465 e. The van der Waals surface area contributed by atoms with Crippen molar-refractivity contribution in [3.63, 3.8) is 0 Å². The van der Waals surface area contributed by atoms with Gasteiger partial charge in [0.15, 0.2) is 0 Å². The van der Waals surface area contributed by atoms with Crippen molar-refractivity contribution >= 4 is 33.5 Å². The Hall–Kier alpha value is -3.72. The van der Waals surface area contributed by atoms with E-state index in [9.17, 15) is 9.59 Å². The first-order valence-corrected chi connectivity index (χ1v) is 12.3. The molecule has 2 aromatic carbocycles. The molecule has 0 aliphatic carbocycles. The third-order valence-corrected chi connectivity index (χ3v) is 7.35. The lowest BCUT2D eigenvalue weighted by molar-refractivity contribution is 0.0599. The number of aromatic nitrogens is 4. The van der Waals surface area contributed by atoms with Crippen LogP contribution in [0.1, 0.15) is 54.6 Å². The maximum atomic E-state index is 13.0. The predicted molar refractivity (Wildman–Crippen MR) is 141 cm³/mol. The predicted octanol–water partition coefficient (Wildman–Crippen LogP) is 5.21. The first-order valence-electron chi connectivity index (χ1n) is 11.5. The average molecular weight is 550 g/mol. The summed E-state index contributed by atoms with van der Waals surface area (Å²) in [5.74, 6) is -0.606. The molecule has 4 aromatic rings. The first kappa shape index (κ1) is 25.4. The number of hydrogen-bond donors (Lipinski definition) is 1. The van der Waals surface area contributed by atoms with Crippen LogP contribution in [-0.2, 0) is 17.8 Å². The number of methoxy groups -OCH3 is 1. The molecule has 0 unspecified atom stereocenters. The van der Waals surface area contributed by atoms with Crippen LogP contribution in [0.25, 0.3) is 0 Å². The molecular formula is C27H28BrN5O3. The number of nitrogens with one attached hydrogen (secondary N) is 1. The van der Waals surface area contributed by atoms with Gasteiger partial charge in [-0.3, -0.25) is 14.2 Å². The van der Waals surface area contributed by atoms with E-state index in [0.29, 0.717) is 35.6 Å². The average Bonchev–Trinajstić information content (AvgIpc) is 3.28. The summed E-state index contributed by atoms with van der Waals surface area (Å²) in [5.41, 5.74) is 7.05. The van der Waals surface area contributed by atoms with Crippen molar-refractivity contribution < 1.29 is 14.3 Å². The molecule has 2 heterocycles. The van der Waals surface area contributed by atoms with Crippen LogP contribution in [0.3, 0.4) is 0 Å². The van der Waals surface area contributed by atoms with Gasteiger partial charge in [0, 0.05) is 5.56 Å². The summed E-state index contributed by atoms with van der Waals surface area (Å²) >= 11 is 3.56. The summed E-state index contributed by atoms with van der Waals surface area (Å²) in [4.78, 5) is 25.1. The fraction of sp³-hybridized carbons (Fsp3) is 0.259. The topological polar surface area (TPSA) is 91.0 Å². The fourth-order valence-corrected chi connectivity index (χ4v) is 4.39. The summed E-state index contributed by atoms with van der Waals surface area (Å²) in [6, 6.07) is 14.8. The summed E-state index contributed by atoms with van der Waals surface area (Å²) in [6.07, 6.45) is 0. The van der Waals surface area contributed by atoms with Gasteiger partial charge in [-0.1, -0.05) is 30.3 Å². The lowest BCUT2D eigenvalue weighted by Crippen LogP contribution is -2.14. The van der Waals surface area contributed by atoms with Crippen LogP contribution in [0, 0.1) is 27.7 Å². The molecule has 2 aromatic heterocycles. The number of carbonyl (C=O) groups is 2. The Balaban J connectivity index is 1.49. The highest BCUT2D eigenvalue weighted by atomic mass is 79.9. The highest BCUT2D eigenvalue weighted by Crippen LogP contribution is 2.23. The largest absolute Gasteiger partial charge is 0.465 e. The fourth-order valence-electron chi connectivity index (χ4n) is 4.11. The van der Waals surface area contributed by atoms with Crippen molar-refractivity contribution in [3.05, 3.63) is 98.0 Å². The summed E-state index contributed by atoms with van der Waals surface area (Å²) in [6.45, 7) is 8.73. The quantitative estimate of drug-likeness (QED) is 0.319. The van der Waals surface area contributed by atoms with Gasteiger partial charge in [0.1, 0.15) is 0 Å². The van der Waals surface area contributed by atoms with E-state index < -0.39 is 5.97 Å². The molecule has 0 aliphatic rings. The van der Waals surface area contributed by atoms with Crippen molar-refractivity contribution in [3.8, 4) is 0 Å². The normalized spacial score (nSPS) is 10.9. The van der Waals surface area contributed by atoms with E-state index in [-0.39, 0.29) is 5.91 Å². The zero-order chi connectivity index (χ0) is 26.0. The first-order chi connectivity index (χ1) is 17.2. The van der Waals surface area contributed by atoms with Gasteiger partial charge in [0.2, 0.25) is 0 Å². The Morgan fingerprint density at radius 2 is 1.53 bits per heavy atom. The molecule has 0 fully saturated rings. The molecule has 4 rings (SSSR count). The number of rotatable bonds is 7. The minimum atomic E-state index is -0.394. The Morgan fingerprint density at radius 1 is 0.889 bits per heavy atom.